The maximum atomic E-state index is 5.77. The van der Waals surface area contributed by atoms with E-state index in [0.29, 0.717) is 37.4 Å². The summed E-state index contributed by atoms with van der Waals surface area (Å²) in [7, 11) is 1.72. The first kappa shape index (κ1) is 19.1. The van der Waals surface area contributed by atoms with Gasteiger partial charge in [-0.1, -0.05) is 5.16 Å². The van der Waals surface area contributed by atoms with Crippen molar-refractivity contribution < 1.29 is 14.0 Å². The fourth-order valence-electron chi connectivity index (χ4n) is 1.97. The Morgan fingerprint density at radius 1 is 1.55 bits per heavy atom. The molecule has 0 bridgehead atoms. The number of hydrogen-bond donors (Lipinski definition) is 2. The summed E-state index contributed by atoms with van der Waals surface area (Å²) < 4.78 is 16.0. The molecular weight excluding hydrogens is 401 g/mol. The molecule has 8 nitrogen and oxygen atoms in total. The number of nitrogens with one attached hydrogen (secondary N) is 2. The van der Waals surface area contributed by atoms with Gasteiger partial charge in [-0.2, -0.15) is 4.98 Å². The molecule has 0 aromatic carbocycles. The minimum Gasteiger partial charge on any atom is -0.379 e. The molecule has 1 aromatic rings. The second-order valence-electron chi connectivity index (χ2n) is 5.02. The van der Waals surface area contributed by atoms with Crippen LogP contribution in [0.2, 0.25) is 0 Å². The van der Waals surface area contributed by atoms with Crippen LogP contribution in [0.4, 0.5) is 0 Å². The molecule has 126 valence electrons. The first-order valence-corrected chi connectivity index (χ1v) is 7.13. The SMILES string of the molecule is CN=C(NCc1noc(C)n1)NC(C)COC1CCOC1.I. The molecule has 1 fully saturated rings. The summed E-state index contributed by atoms with van der Waals surface area (Å²) in [5.74, 6) is 1.83. The van der Waals surface area contributed by atoms with Gasteiger partial charge < -0.3 is 24.6 Å². The van der Waals surface area contributed by atoms with Crippen molar-refractivity contribution in [1.82, 2.24) is 20.8 Å². The maximum Gasteiger partial charge on any atom is 0.223 e. The van der Waals surface area contributed by atoms with Crippen LogP contribution in [0.3, 0.4) is 0 Å². The van der Waals surface area contributed by atoms with Gasteiger partial charge in [-0.3, -0.25) is 4.99 Å². The van der Waals surface area contributed by atoms with Gasteiger partial charge in [0.05, 0.1) is 25.9 Å². The number of hydrogen-bond acceptors (Lipinski definition) is 6. The van der Waals surface area contributed by atoms with Crippen LogP contribution >= 0.6 is 24.0 Å². The van der Waals surface area contributed by atoms with E-state index in [1.54, 1.807) is 14.0 Å². The van der Waals surface area contributed by atoms with Crippen molar-refractivity contribution in [3.05, 3.63) is 11.7 Å². The fourth-order valence-corrected chi connectivity index (χ4v) is 1.97. The summed E-state index contributed by atoms with van der Waals surface area (Å²) in [6.07, 6.45) is 1.18. The van der Waals surface area contributed by atoms with Crippen molar-refractivity contribution in [2.75, 3.05) is 26.9 Å². The van der Waals surface area contributed by atoms with E-state index in [9.17, 15) is 0 Å². The van der Waals surface area contributed by atoms with Gasteiger partial charge in [-0.25, -0.2) is 0 Å². The summed E-state index contributed by atoms with van der Waals surface area (Å²) in [6, 6.07) is 0.142. The summed E-state index contributed by atoms with van der Waals surface area (Å²) >= 11 is 0. The fraction of sp³-hybridized carbons (Fsp3) is 0.769. The number of rotatable bonds is 6. The first-order valence-electron chi connectivity index (χ1n) is 7.13. The molecule has 0 saturated carbocycles. The van der Waals surface area contributed by atoms with E-state index < -0.39 is 0 Å². The third-order valence-corrected chi connectivity index (χ3v) is 3.06. The number of nitrogens with zero attached hydrogens (tertiary/aromatic N) is 3. The highest BCUT2D eigenvalue weighted by molar-refractivity contribution is 14.0. The first-order chi connectivity index (χ1) is 10.2. The number of guanidine groups is 1. The van der Waals surface area contributed by atoms with Crippen LogP contribution in [-0.4, -0.2) is 55.1 Å². The Kier molecular flexibility index (Phi) is 8.64. The lowest BCUT2D eigenvalue weighted by Crippen LogP contribution is -2.44. The number of aliphatic imine (C=N–C) groups is 1. The maximum absolute atomic E-state index is 5.77. The molecule has 1 aliphatic rings. The van der Waals surface area contributed by atoms with Gasteiger partial charge in [-0.15, -0.1) is 24.0 Å². The number of ether oxygens (including phenoxy) is 2. The van der Waals surface area contributed by atoms with Gasteiger partial charge in [0, 0.05) is 26.6 Å². The van der Waals surface area contributed by atoms with Crippen LogP contribution in [0.15, 0.2) is 9.52 Å². The van der Waals surface area contributed by atoms with Gasteiger partial charge in [0.15, 0.2) is 11.8 Å². The Hall–Kier alpha value is -0.940. The van der Waals surface area contributed by atoms with Gasteiger partial charge in [0.2, 0.25) is 5.89 Å². The lowest BCUT2D eigenvalue weighted by molar-refractivity contribution is 0.0347. The second kappa shape index (κ2) is 9.95. The highest BCUT2D eigenvalue weighted by Crippen LogP contribution is 2.08. The molecule has 2 heterocycles. The van der Waals surface area contributed by atoms with E-state index in [1.807, 2.05) is 6.92 Å². The van der Waals surface area contributed by atoms with E-state index in [1.165, 1.54) is 0 Å². The van der Waals surface area contributed by atoms with E-state index in [0.717, 1.165) is 13.0 Å². The van der Waals surface area contributed by atoms with Gasteiger partial charge in [0.25, 0.3) is 0 Å². The molecule has 2 unspecified atom stereocenters. The summed E-state index contributed by atoms with van der Waals surface area (Å²) in [5.41, 5.74) is 0. The zero-order chi connectivity index (χ0) is 15.1. The van der Waals surface area contributed by atoms with Gasteiger partial charge in [-0.05, 0) is 13.3 Å². The Labute approximate surface area is 147 Å². The molecule has 22 heavy (non-hydrogen) atoms. The monoisotopic (exact) mass is 425 g/mol. The van der Waals surface area contributed by atoms with Crippen LogP contribution in [0, 0.1) is 6.92 Å². The molecule has 1 saturated heterocycles. The molecule has 1 aliphatic heterocycles. The van der Waals surface area contributed by atoms with Crippen molar-refractivity contribution in [2.24, 2.45) is 4.99 Å². The number of aromatic nitrogens is 2. The molecule has 0 aliphatic carbocycles. The van der Waals surface area contributed by atoms with E-state index >= 15 is 0 Å². The quantitative estimate of drug-likeness (QED) is 0.397. The predicted molar refractivity (Wildman–Crippen MR) is 92.4 cm³/mol. The second-order valence-corrected chi connectivity index (χ2v) is 5.02. The van der Waals surface area contributed by atoms with Crippen LogP contribution in [0.5, 0.6) is 0 Å². The van der Waals surface area contributed by atoms with Crippen LogP contribution < -0.4 is 10.6 Å². The van der Waals surface area contributed by atoms with Crippen molar-refractivity contribution in [1.29, 1.82) is 0 Å². The molecule has 0 spiro atoms. The average Bonchev–Trinajstić information content (AvgIpc) is 3.12. The Morgan fingerprint density at radius 2 is 2.36 bits per heavy atom. The molecule has 0 radical (unpaired) electrons. The minimum atomic E-state index is 0. The largest absolute Gasteiger partial charge is 0.379 e. The molecule has 2 atom stereocenters. The normalized spacial score (nSPS) is 19.6. The average molecular weight is 425 g/mol. The molecular formula is C13H24IN5O3. The third-order valence-electron chi connectivity index (χ3n) is 3.06. The Bertz CT molecular complexity index is 462. The topological polar surface area (TPSA) is 93.8 Å². The summed E-state index contributed by atoms with van der Waals surface area (Å²) in [4.78, 5) is 8.28. The van der Waals surface area contributed by atoms with Crippen LogP contribution in [0.1, 0.15) is 25.1 Å². The molecule has 0 amide bonds. The Balaban J connectivity index is 0.00000242. The zero-order valence-electron chi connectivity index (χ0n) is 13.2. The summed E-state index contributed by atoms with van der Waals surface area (Å²) in [5, 5.41) is 10.2. The van der Waals surface area contributed by atoms with Gasteiger partial charge in [0.1, 0.15) is 0 Å². The lowest BCUT2D eigenvalue weighted by atomic mass is 10.3. The van der Waals surface area contributed by atoms with Gasteiger partial charge >= 0.3 is 0 Å². The van der Waals surface area contributed by atoms with Crippen molar-refractivity contribution >= 4 is 29.9 Å². The van der Waals surface area contributed by atoms with Crippen molar-refractivity contribution in [3.63, 3.8) is 0 Å². The Morgan fingerprint density at radius 3 is 2.95 bits per heavy atom. The van der Waals surface area contributed by atoms with Crippen LogP contribution in [-0.2, 0) is 16.0 Å². The third kappa shape index (κ3) is 6.44. The molecule has 1 aromatic heterocycles. The highest BCUT2D eigenvalue weighted by atomic mass is 127. The number of aryl methyl sites for hydroxylation is 1. The van der Waals surface area contributed by atoms with Crippen molar-refractivity contribution in [3.8, 4) is 0 Å². The van der Waals surface area contributed by atoms with Crippen molar-refractivity contribution in [2.45, 2.75) is 39.0 Å². The smallest absolute Gasteiger partial charge is 0.223 e. The highest BCUT2D eigenvalue weighted by Gasteiger charge is 2.17. The van der Waals surface area contributed by atoms with E-state index in [4.69, 9.17) is 14.0 Å². The van der Waals surface area contributed by atoms with E-state index in [2.05, 4.69) is 25.8 Å². The summed E-state index contributed by atoms with van der Waals surface area (Å²) in [6.45, 7) is 6.35. The predicted octanol–water partition coefficient (Wildman–Crippen LogP) is 0.855. The zero-order valence-corrected chi connectivity index (χ0v) is 15.5. The van der Waals surface area contributed by atoms with Crippen LogP contribution in [0.25, 0.3) is 0 Å². The number of halogens is 1. The lowest BCUT2D eigenvalue weighted by Gasteiger charge is -2.19. The molecule has 2 N–H and O–H groups in total. The molecule has 2 rings (SSSR count). The molecule has 9 heteroatoms. The van der Waals surface area contributed by atoms with E-state index in [-0.39, 0.29) is 36.1 Å². The minimum absolute atomic E-state index is 0. The standard InChI is InChI=1S/C13H23N5O3.HI/c1-9(7-20-11-4-5-19-8-11)16-13(14-3)15-6-12-17-10(2)21-18-12;/h9,11H,4-8H2,1-3H3,(H2,14,15,16);1H.